The molecule has 0 spiro atoms. The predicted octanol–water partition coefficient (Wildman–Crippen LogP) is 3.30. The largest absolute Gasteiger partial charge is 0.352 e. The third-order valence-corrected chi connectivity index (χ3v) is 6.67. The number of benzene rings is 2. The third kappa shape index (κ3) is 6.42. The van der Waals surface area contributed by atoms with Crippen LogP contribution in [0.1, 0.15) is 24.0 Å². The van der Waals surface area contributed by atoms with Crippen LogP contribution in [-0.2, 0) is 23.1 Å². The molecule has 1 saturated heterocycles. The van der Waals surface area contributed by atoms with E-state index in [0.29, 0.717) is 31.1 Å². The van der Waals surface area contributed by atoms with E-state index in [0.717, 1.165) is 29.9 Å². The molecule has 6 nitrogen and oxygen atoms in total. The fourth-order valence-electron chi connectivity index (χ4n) is 3.14. The van der Waals surface area contributed by atoms with Gasteiger partial charge in [0.1, 0.15) is 0 Å². The van der Waals surface area contributed by atoms with Gasteiger partial charge in [-0.1, -0.05) is 42.5 Å². The molecular formula is C21H29IN4O2S. The average molecular weight is 528 g/mol. The van der Waals surface area contributed by atoms with Crippen molar-refractivity contribution >= 4 is 40.0 Å². The van der Waals surface area contributed by atoms with Gasteiger partial charge in [0, 0.05) is 33.7 Å². The lowest BCUT2D eigenvalue weighted by Gasteiger charge is -2.18. The summed E-state index contributed by atoms with van der Waals surface area (Å²) in [7, 11) is 0.535. The number of halogens is 1. The van der Waals surface area contributed by atoms with Crippen molar-refractivity contribution in [3.05, 3.63) is 65.7 Å². The van der Waals surface area contributed by atoms with Gasteiger partial charge in [0.2, 0.25) is 10.0 Å². The van der Waals surface area contributed by atoms with E-state index in [4.69, 9.17) is 0 Å². The molecule has 0 bridgehead atoms. The number of sulfonamides is 1. The highest BCUT2D eigenvalue weighted by Crippen LogP contribution is 2.21. The number of hydrogen-bond donors (Lipinski definition) is 1. The third-order valence-electron chi connectivity index (χ3n) is 4.75. The van der Waals surface area contributed by atoms with Crippen LogP contribution in [0.5, 0.6) is 0 Å². The number of guanidine groups is 1. The summed E-state index contributed by atoms with van der Waals surface area (Å²) in [6.45, 7) is 2.43. The van der Waals surface area contributed by atoms with E-state index < -0.39 is 10.0 Å². The van der Waals surface area contributed by atoms with Gasteiger partial charge in [-0.3, -0.25) is 0 Å². The number of aliphatic imine (C=N–C) groups is 1. The number of nitrogens with one attached hydrogen (secondary N) is 1. The summed E-state index contributed by atoms with van der Waals surface area (Å²) < 4.78 is 26.8. The molecule has 0 unspecified atom stereocenters. The summed E-state index contributed by atoms with van der Waals surface area (Å²) in [6.07, 6.45) is 1.88. The molecule has 3 rings (SSSR count). The molecule has 0 saturated carbocycles. The molecule has 1 fully saturated rings. The minimum Gasteiger partial charge on any atom is -0.352 e. The average Bonchev–Trinajstić information content (AvgIpc) is 3.24. The Labute approximate surface area is 191 Å². The topological polar surface area (TPSA) is 65.0 Å². The first kappa shape index (κ1) is 23.6. The zero-order valence-electron chi connectivity index (χ0n) is 16.9. The maximum Gasteiger partial charge on any atom is 0.243 e. The molecule has 1 heterocycles. The van der Waals surface area contributed by atoms with Gasteiger partial charge in [-0.05, 0) is 36.1 Å². The van der Waals surface area contributed by atoms with Crippen molar-refractivity contribution in [2.24, 2.45) is 4.99 Å². The molecule has 1 aliphatic heterocycles. The van der Waals surface area contributed by atoms with Crippen LogP contribution in [0.15, 0.2) is 64.5 Å². The van der Waals surface area contributed by atoms with Crippen LogP contribution in [-0.4, -0.2) is 50.8 Å². The number of nitrogens with zero attached hydrogens (tertiary/aromatic N) is 3. The van der Waals surface area contributed by atoms with Gasteiger partial charge in [0.15, 0.2) is 5.96 Å². The number of rotatable bonds is 6. The number of hydrogen-bond acceptors (Lipinski definition) is 3. The summed E-state index contributed by atoms with van der Waals surface area (Å²) in [5.74, 6) is 0.789. The minimum absolute atomic E-state index is 0. The maximum atomic E-state index is 12.6. The highest BCUT2D eigenvalue weighted by molar-refractivity contribution is 14.0. The quantitative estimate of drug-likeness (QED) is 0.355. The SMILES string of the molecule is CN(C)C(=NCc1ccccc1)NCc1ccc(S(=O)(=O)N2CCCC2)cc1.I. The van der Waals surface area contributed by atoms with Crippen LogP contribution in [0.2, 0.25) is 0 Å². The van der Waals surface area contributed by atoms with Crippen molar-refractivity contribution in [2.75, 3.05) is 27.2 Å². The fourth-order valence-corrected chi connectivity index (χ4v) is 4.66. The van der Waals surface area contributed by atoms with E-state index >= 15 is 0 Å². The van der Waals surface area contributed by atoms with Gasteiger partial charge < -0.3 is 10.2 Å². The molecule has 1 aliphatic rings. The van der Waals surface area contributed by atoms with Crippen LogP contribution < -0.4 is 5.32 Å². The Kier molecular flexibility index (Phi) is 8.91. The van der Waals surface area contributed by atoms with Gasteiger partial charge in [-0.25, -0.2) is 13.4 Å². The molecular weight excluding hydrogens is 499 g/mol. The van der Waals surface area contributed by atoms with Crippen molar-refractivity contribution in [2.45, 2.75) is 30.8 Å². The summed E-state index contributed by atoms with van der Waals surface area (Å²) in [4.78, 5) is 6.95. The molecule has 158 valence electrons. The second kappa shape index (κ2) is 10.9. The van der Waals surface area contributed by atoms with E-state index in [1.165, 1.54) is 0 Å². The van der Waals surface area contributed by atoms with Gasteiger partial charge in [0.05, 0.1) is 11.4 Å². The molecule has 0 aliphatic carbocycles. The van der Waals surface area contributed by atoms with E-state index in [1.807, 2.05) is 49.3 Å². The predicted molar refractivity (Wildman–Crippen MR) is 128 cm³/mol. The second-order valence-corrected chi connectivity index (χ2v) is 9.07. The molecule has 2 aromatic rings. The lowest BCUT2D eigenvalue weighted by atomic mass is 10.2. The van der Waals surface area contributed by atoms with Crippen LogP contribution in [0.3, 0.4) is 0 Å². The highest BCUT2D eigenvalue weighted by Gasteiger charge is 2.26. The van der Waals surface area contributed by atoms with Gasteiger partial charge in [-0.2, -0.15) is 4.31 Å². The van der Waals surface area contributed by atoms with E-state index in [9.17, 15) is 8.42 Å². The monoisotopic (exact) mass is 528 g/mol. The van der Waals surface area contributed by atoms with Crippen molar-refractivity contribution in [1.29, 1.82) is 0 Å². The van der Waals surface area contributed by atoms with Crippen molar-refractivity contribution < 1.29 is 8.42 Å². The first-order chi connectivity index (χ1) is 13.5. The molecule has 29 heavy (non-hydrogen) atoms. The molecule has 1 N–H and O–H groups in total. The lowest BCUT2D eigenvalue weighted by molar-refractivity contribution is 0.477. The Balaban J connectivity index is 0.00000300. The molecule has 0 amide bonds. The van der Waals surface area contributed by atoms with Crippen LogP contribution in [0, 0.1) is 0 Å². The summed E-state index contributed by atoms with van der Waals surface area (Å²) >= 11 is 0. The first-order valence-corrected chi connectivity index (χ1v) is 11.0. The normalized spacial score (nSPS) is 15.0. The molecule has 0 atom stereocenters. The van der Waals surface area contributed by atoms with Crippen molar-refractivity contribution in [3.63, 3.8) is 0 Å². The van der Waals surface area contributed by atoms with E-state index in [-0.39, 0.29) is 24.0 Å². The van der Waals surface area contributed by atoms with Crippen LogP contribution >= 0.6 is 24.0 Å². The first-order valence-electron chi connectivity index (χ1n) is 9.55. The Morgan fingerprint density at radius 2 is 1.62 bits per heavy atom. The van der Waals surface area contributed by atoms with Crippen LogP contribution in [0.4, 0.5) is 0 Å². The fraction of sp³-hybridized carbons (Fsp3) is 0.381. The summed E-state index contributed by atoms with van der Waals surface area (Å²) in [5.41, 5.74) is 2.16. The standard InChI is InChI=1S/C21H28N4O2S.HI/c1-24(2)21(22-16-18-8-4-3-5-9-18)23-17-19-10-12-20(13-11-19)28(26,27)25-14-6-7-15-25;/h3-5,8-13H,6-7,14-17H2,1-2H3,(H,22,23);1H. The van der Waals surface area contributed by atoms with Gasteiger partial charge >= 0.3 is 0 Å². The highest BCUT2D eigenvalue weighted by atomic mass is 127. The van der Waals surface area contributed by atoms with Gasteiger partial charge in [-0.15, -0.1) is 24.0 Å². The smallest absolute Gasteiger partial charge is 0.243 e. The van der Waals surface area contributed by atoms with Crippen molar-refractivity contribution in [3.8, 4) is 0 Å². The zero-order valence-corrected chi connectivity index (χ0v) is 20.1. The molecule has 0 aromatic heterocycles. The summed E-state index contributed by atoms with van der Waals surface area (Å²) in [5, 5.41) is 3.34. The van der Waals surface area contributed by atoms with Crippen molar-refractivity contribution in [1.82, 2.24) is 14.5 Å². The Morgan fingerprint density at radius 3 is 2.21 bits per heavy atom. The van der Waals surface area contributed by atoms with E-state index in [2.05, 4.69) is 22.4 Å². The summed E-state index contributed by atoms with van der Waals surface area (Å²) in [6, 6.07) is 17.2. The van der Waals surface area contributed by atoms with Gasteiger partial charge in [0.25, 0.3) is 0 Å². The second-order valence-electron chi connectivity index (χ2n) is 7.13. The Hall–Kier alpha value is -1.65. The molecule has 8 heteroatoms. The zero-order chi connectivity index (χ0) is 20.0. The van der Waals surface area contributed by atoms with Crippen LogP contribution in [0.25, 0.3) is 0 Å². The molecule has 2 aromatic carbocycles. The maximum absolute atomic E-state index is 12.6. The lowest BCUT2D eigenvalue weighted by Crippen LogP contribution is -2.36. The Morgan fingerprint density at radius 1 is 1.00 bits per heavy atom. The molecule has 0 radical (unpaired) electrons. The Bertz CT molecular complexity index is 894. The minimum atomic E-state index is -3.36. The van der Waals surface area contributed by atoms with E-state index in [1.54, 1.807) is 16.4 Å².